The number of hydrogen-bond acceptors (Lipinski definition) is 6. The second-order valence-corrected chi connectivity index (χ2v) is 7.38. The molecule has 0 aliphatic heterocycles. The molecule has 0 aliphatic carbocycles. The summed E-state index contributed by atoms with van der Waals surface area (Å²) in [7, 11) is 1.81. The van der Waals surface area contributed by atoms with Crippen LogP contribution >= 0.6 is 11.3 Å². The maximum absolute atomic E-state index is 13.4. The lowest BCUT2D eigenvalue weighted by molar-refractivity contribution is 0.101. The molecular weight excluding hydrogens is 372 g/mol. The first kappa shape index (κ1) is 18.1. The first-order valence-corrected chi connectivity index (χ1v) is 9.60. The number of hydrogen-bond donors (Lipinski definition) is 1. The minimum Gasteiger partial charge on any atom is -0.365 e. The van der Waals surface area contributed by atoms with E-state index in [0.717, 1.165) is 15.7 Å². The Kier molecular flexibility index (Phi) is 4.52. The minimum absolute atomic E-state index is 0.0206. The van der Waals surface area contributed by atoms with Crippen LogP contribution in [-0.2, 0) is 0 Å². The van der Waals surface area contributed by atoms with Crippen molar-refractivity contribution in [1.82, 2.24) is 14.5 Å². The van der Waals surface area contributed by atoms with Crippen molar-refractivity contribution in [2.24, 2.45) is 0 Å². The van der Waals surface area contributed by atoms with Gasteiger partial charge in [0.05, 0.1) is 27.2 Å². The Morgan fingerprint density at radius 2 is 1.79 bits per heavy atom. The first-order chi connectivity index (χ1) is 13.5. The van der Waals surface area contributed by atoms with Gasteiger partial charge in [-0.1, -0.05) is 23.5 Å². The fraction of sp³-hybridized carbons (Fsp3) is 0.143. The van der Waals surface area contributed by atoms with E-state index in [4.69, 9.17) is 4.98 Å². The molecule has 140 valence electrons. The number of Topliss-reactive ketones (excluding diaryl/α,β-unsaturated/α-hetero) is 1. The number of carbonyl (C=O) groups excluding carboxylic acids is 1. The number of ketones is 1. The molecule has 0 saturated carbocycles. The summed E-state index contributed by atoms with van der Waals surface area (Å²) >= 11 is 1.45. The summed E-state index contributed by atoms with van der Waals surface area (Å²) in [6.45, 7) is 3.42. The average Bonchev–Trinajstić information content (AvgIpc) is 3.09. The zero-order valence-electron chi connectivity index (χ0n) is 15.7. The van der Waals surface area contributed by atoms with Gasteiger partial charge in [0.15, 0.2) is 16.7 Å². The molecule has 0 radical (unpaired) electrons. The number of fused-ring (bicyclic) bond motifs is 1. The van der Waals surface area contributed by atoms with Crippen molar-refractivity contribution in [2.75, 3.05) is 12.4 Å². The number of aryl methyl sites for hydroxylation is 1. The Morgan fingerprint density at radius 3 is 2.43 bits per heavy atom. The minimum atomic E-state index is -0.157. The highest BCUT2D eigenvalue weighted by molar-refractivity contribution is 7.19. The molecule has 0 aliphatic rings. The van der Waals surface area contributed by atoms with Crippen LogP contribution in [0.25, 0.3) is 27.3 Å². The SMILES string of the molecule is CNc1nc(C)c(-c2nc3ccccc3c(=O)n2-c2ccc(C(C)=O)cc2)s1. The number of benzene rings is 2. The fourth-order valence-electron chi connectivity index (χ4n) is 3.08. The van der Waals surface area contributed by atoms with Crippen LogP contribution in [0.5, 0.6) is 0 Å². The van der Waals surface area contributed by atoms with Gasteiger partial charge < -0.3 is 5.32 Å². The van der Waals surface area contributed by atoms with Crippen LogP contribution in [0.3, 0.4) is 0 Å². The standard InChI is InChI=1S/C21H18N4O2S/c1-12-18(28-21(22-3)23-12)19-24-17-7-5-4-6-16(17)20(27)25(19)15-10-8-14(9-11-15)13(2)26/h4-11H,1-3H3,(H,22,23). The summed E-state index contributed by atoms with van der Waals surface area (Å²) in [4.78, 5) is 35.1. The third-order valence-electron chi connectivity index (χ3n) is 4.52. The smallest absolute Gasteiger partial charge is 0.266 e. The maximum atomic E-state index is 13.4. The van der Waals surface area contributed by atoms with Gasteiger partial charge in [-0.2, -0.15) is 0 Å². The van der Waals surface area contributed by atoms with E-state index in [1.807, 2.05) is 32.2 Å². The second kappa shape index (κ2) is 7.01. The predicted molar refractivity (Wildman–Crippen MR) is 113 cm³/mol. The normalized spacial score (nSPS) is 11.0. The third-order valence-corrected chi connectivity index (χ3v) is 5.69. The predicted octanol–water partition coefficient (Wildman–Crippen LogP) is 4.06. The van der Waals surface area contributed by atoms with Crippen molar-refractivity contribution >= 4 is 33.2 Å². The van der Waals surface area contributed by atoms with Gasteiger partial charge in [-0.05, 0) is 50.2 Å². The van der Waals surface area contributed by atoms with Crippen molar-refractivity contribution in [1.29, 1.82) is 0 Å². The number of rotatable bonds is 4. The number of anilines is 1. The Balaban J connectivity index is 2.05. The third kappa shape index (κ3) is 2.99. The number of para-hydroxylation sites is 1. The summed E-state index contributed by atoms with van der Waals surface area (Å²) in [6.07, 6.45) is 0. The molecule has 28 heavy (non-hydrogen) atoms. The van der Waals surface area contributed by atoms with Gasteiger partial charge in [0.25, 0.3) is 5.56 Å². The molecular formula is C21H18N4O2S. The van der Waals surface area contributed by atoms with Crippen molar-refractivity contribution in [3.63, 3.8) is 0 Å². The zero-order valence-corrected chi connectivity index (χ0v) is 16.5. The summed E-state index contributed by atoms with van der Waals surface area (Å²) in [5.74, 6) is 0.517. The van der Waals surface area contributed by atoms with Gasteiger partial charge in [0, 0.05) is 12.6 Å². The Labute approximate surface area is 165 Å². The van der Waals surface area contributed by atoms with Gasteiger partial charge in [-0.15, -0.1) is 0 Å². The second-order valence-electron chi connectivity index (χ2n) is 6.38. The maximum Gasteiger partial charge on any atom is 0.266 e. The quantitative estimate of drug-likeness (QED) is 0.532. The monoisotopic (exact) mass is 390 g/mol. The lowest BCUT2D eigenvalue weighted by Gasteiger charge is -2.13. The van der Waals surface area contributed by atoms with E-state index < -0.39 is 0 Å². The Morgan fingerprint density at radius 1 is 1.07 bits per heavy atom. The van der Waals surface area contributed by atoms with Crippen LogP contribution in [-0.4, -0.2) is 27.4 Å². The Bertz CT molecular complexity index is 1260. The highest BCUT2D eigenvalue weighted by atomic mass is 32.1. The van der Waals surface area contributed by atoms with E-state index in [1.165, 1.54) is 18.3 Å². The molecule has 0 bridgehead atoms. The van der Waals surface area contributed by atoms with Crippen molar-refractivity contribution in [3.05, 3.63) is 70.1 Å². The van der Waals surface area contributed by atoms with Crippen molar-refractivity contribution in [2.45, 2.75) is 13.8 Å². The summed E-state index contributed by atoms with van der Waals surface area (Å²) < 4.78 is 1.59. The topological polar surface area (TPSA) is 76.9 Å². The van der Waals surface area contributed by atoms with Gasteiger partial charge in [-0.3, -0.25) is 14.2 Å². The number of thiazole rings is 1. The largest absolute Gasteiger partial charge is 0.365 e. The molecule has 0 unspecified atom stereocenters. The first-order valence-electron chi connectivity index (χ1n) is 8.78. The highest BCUT2D eigenvalue weighted by Gasteiger charge is 2.19. The molecule has 0 fully saturated rings. The molecule has 4 rings (SSSR count). The summed E-state index contributed by atoms with van der Waals surface area (Å²) in [5, 5.41) is 4.34. The summed E-state index contributed by atoms with van der Waals surface area (Å²) in [6, 6.07) is 14.3. The number of aromatic nitrogens is 3. The van der Waals surface area contributed by atoms with E-state index in [1.54, 1.807) is 34.9 Å². The van der Waals surface area contributed by atoms with Crippen LogP contribution in [0.4, 0.5) is 5.13 Å². The molecule has 0 saturated heterocycles. The van der Waals surface area contributed by atoms with Crippen LogP contribution in [0.2, 0.25) is 0 Å². The molecule has 6 nitrogen and oxygen atoms in total. The Hall–Kier alpha value is -3.32. The van der Waals surface area contributed by atoms with Crippen LogP contribution in [0, 0.1) is 6.92 Å². The van der Waals surface area contributed by atoms with E-state index in [9.17, 15) is 9.59 Å². The molecule has 4 aromatic rings. The number of nitrogens with zero attached hydrogens (tertiary/aromatic N) is 3. The lowest BCUT2D eigenvalue weighted by atomic mass is 10.1. The van der Waals surface area contributed by atoms with Gasteiger partial charge in [0.1, 0.15) is 0 Å². The summed E-state index contributed by atoms with van der Waals surface area (Å²) in [5.41, 5.74) is 2.53. The van der Waals surface area contributed by atoms with Crippen LogP contribution in [0.1, 0.15) is 23.0 Å². The fourth-order valence-corrected chi connectivity index (χ4v) is 3.98. The van der Waals surface area contributed by atoms with E-state index >= 15 is 0 Å². The van der Waals surface area contributed by atoms with Crippen LogP contribution in [0.15, 0.2) is 53.3 Å². The average molecular weight is 390 g/mol. The highest BCUT2D eigenvalue weighted by Crippen LogP contribution is 2.32. The van der Waals surface area contributed by atoms with Crippen molar-refractivity contribution < 1.29 is 4.79 Å². The molecule has 1 N–H and O–H groups in total. The van der Waals surface area contributed by atoms with Gasteiger partial charge in [0.2, 0.25) is 0 Å². The van der Waals surface area contributed by atoms with E-state index in [-0.39, 0.29) is 11.3 Å². The van der Waals surface area contributed by atoms with Crippen molar-refractivity contribution in [3.8, 4) is 16.4 Å². The molecule has 2 heterocycles. The van der Waals surface area contributed by atoms with E-state index in [0.29, 0.717) is 28.0 Å². The lowest BCUT2D eigenvalue weighted by Crippen LogP contribution is -2.22. The molecule has 0 spiro atoms. The molecule has 0 atom stereocenters. The number of carbonyl (C=O) groups is 1. The molecule has 2 aromatic carbocycles. The van der Waals surface area contributed by atoms with E-state index in [2.05, 4.69) is 10.3 Å². The molecule has 0 amide bonds. The molecule has 7 heteroatoms. The molecule has 2 aromatic heterocycles. The number of nitrogens with one attached hydrogen (secondary N) is 1. The van der Waals surface area contributed by atoms with Gasteiger partial charge in [-0.25, -0.2) is 9.97 Å². The van der Waals surface area contributed by atoms with Crippen LogP contribution < -0.4 is 10.9 Å². The zero-order chi connectivity index (χ0) is 19.8. The van der Waals surface area contributed by atoms with Gasteiger partial charge >= 0.3 is 0 Å².